The molecule has 0 amide bonds. The highest BCUT2D eigenvalue weighted by molar-refractivity contribution is 6.30. The normalized spacial score (nSPS) is 19.6. The SMILES string of the molecule is C[C@H](Cc1c(F)cc(C2CCC(CCc3ccc(Cl)cc3)CC2)cc1F)c1ccccc1. The number of aryl methyl sites for hydroxylation is 1. The van der Waals surface area contributed by atoms with Crippen LogP contribution in [0.5, 0.6) is 0 Å². The fourth-order valence-corrected chi connectivity index (χ4v) is 5.19. The van der Waals surface area contributed by atoms with Crippen LogP contribution in [0.15, 0.2) is 66.7 Å². The molecule has 32 heavy (non-hydrogen) atoms. The zero-order valence-corrected chi connectivity index (χ0v) is 19.4. The minimum atomic E-state index is -0.396. The van der Waals surface area contributed by atoms with Crippen LogP contribution in [0.3, 0.4) is 0 Å². The molecule has 0 aromatic heterocycles. The van der Waals surface area contributed by atoms with Gasteiger partial charge in [0, 0.05) is 10.6 Å². The Balaban J connectivity index is 1.34. The van der Waals surface area contributed by atoms with Gasteiger partial charge in [0.1, 0.15) is 11.6 Å². The van der Waals surface area contributed by atoms with Crippen LogP contribution < -0.4 is 0 Å². The van der Waals surface area contributed by atoms with E-state index in [-0.39, 0.29) is 17.4 Å². The molecule has 0 saturated heterocycles. The molecule has 1 aliphatic carbocycles. The molecule has 0 unspecified atom stereocenters. The molecule has 3 heteroatoms. The van der Waals surface area contributed by atoms with Crippen molar-refractivity contribution < 1.29 is 8.78 Å². The molecule has 1 aliphatic rings. The summed E-state index contributed by atoms with van der Waals surface area (Å²) in [5.41, 5.74) is 3.46. The van der Waals surface area contributed by atoms with Crippen molar-refractivity contribution in [2.24, 2.45) is 5.92 Å². The lowest BCUT2D eigenvalue weighted by atomic mass is 9.76. The monoisotopic (exact) mass is 452 g/mol. The van der Waals surface area contributed by atoms with Crippen molar-refractivity contribution in [3.8, 4) is 0 Å². The molecule has 4 rings (SSSR count). The van der Waals surface area contributed by atoms with Crippen molar-refractivity contribution in [3.05, 3.63) is 106 Å². The Labute approximate surface area is 195 Å². The van der Waals surface area contributed by atoms with Crippen molar-refractivity contribution in [1.29, 1.82) is 0 Å². The van der Waals surface area contributed by atoms with Gasteiger partial charge in [0.05, 0.1) is 0 Å². The summed E-state index contributed by atoms with van der Waals surface area (Å²) in [5, 5.41) is 0.772. The minimum absolute atomic E-state index is 0.0714. The van der Waals surface area contributed by atoms with E-state index in [0.717, 1.165) is 54.7 Å². The average molecular weight is 453 g/mol. The Morgan fingerprint density at radius 1 is 0.875 bits per heavy atom. The molecule has 168 valence electrons. The van der Waals surface area contributed by atoms with Gasteiger partial charge in [0.25, 0.3) is 0 Å². The summed E-state index contributed by atoms with van der Waals surface area (Å²) in [7, 11) is 0. The first-order valence-electron chi connectivity index (χ1n) is 11.8. The number of hydrogen-bond acceptors (Lipinski definition) is 0. The zero-order valence-electron chi connectivity index (χ0n) is 18.7. The van der Waals surface area contributed by atoms with E-state index in [1.165, 1.54) is 5.56 Å². The van der Waals surface area contributed by atoms with E-state index in [2.05, 4.69) is 12.1 Å². The van der Waals surface area contributed by atoms with E-state index in [0.29, 0.717) is 12.3 Å². The van der Waals surface area contributed by atoms with Crippen LogP contribution in [-0.2, 0) is 12.8 Å². The summed E-state index contributed by atoms with van der Waals surface area (Å²) in [6, 6.07) is 21.2. The molecule has 0 N–H and O–H groups in total. The smallest absolute Gasteiger partial charge is 0.129 e. The summed E-state index contributed by atoms with van der Waals surface area (Å²) < 4.78 is 29.8. The second kappa shape index (κ2) is 10.6. The van der Waals surface area contributed by atoms with E-state index in [1.807, 2.05) is 49.4 Å². The van der Waals surface area contributed by atoms with Gasteiger partial charge in [0.2, 0.25) is 0 Å². The third-order valence-corrected chi connectivity index (χ3v) is 7.37. The van der Waals surface area contributed by atoms with E-state index < -0.39 is 11.6 Å². The van der Waals surface area contributed by atoms with Crippen molar-refractivity contribution in [1.82, 2.24) is 0 Å². The highest BCUT2D eigenvalue weighted by Gasteiger charge is 2.24. The first-order chi connectivity index (χ1) is 15.5. The lowest BCUT2D eigenvalue weighted by Gasteiger charge is -2.29. The van der Waals surface area contributed by atoms with Crippen LogP contribution in [0.2, 0.25) is 5.02 Å². The van der Waals surface area contributed by atoms with Crippen LogP contribution >= 0.6 is 11.6 Å². The summed E-state index contributed by atoms with van der Waals surface area (Å²) in [4.78, 5) is 0. The van der Waals surface area contributed by atoms with Gasteiger partial charge in [0.15, 0.2) is 0 Å². The first kappa shape index (κ1) is 23.0. The van der Waals surface area contributed by atoms with Gasteiger partial charge in [-0.15, -0.1) is 0 Å². The molecule has 0 bridgehead atoms. The highest BCUT2D eigenvalue weighted by atomic mass is 35.5. The molecule has 3 aromatic carbocycles. The van der Waals surface area contributed by atoms with Gasteiger partial charge in [-0.2, -0.15) is 0 Å². The second-order valence-corrected chi connectivity index (χ2v) is 9.80. The maximum absolute atomic E-state index is 14.9. The number of rotatable bonds is 7. The van der Waals surface area contributed by atoms with Crippen LogP contribution in [0, 0.1) is 17.6 Å². The maximum atomic E-state index is 14.9. The van der Waals surface area contributed by atoms with Gasteiger partial charge in [-0.1, -0.05) is 61.0 Å². The molecule has 0 nitrogen and oxygen atoms in total. The predicted molar refractivity (Wildman–Crippen MR) is 129 cm³/mol. The molecule has 3 aromatic rings. The van der Waals surface area contributed by atoms with Gasteiger partial charge >= 0.3 is 0 Å². The van der Waals surface area contributed by atoms with Crippen molar-refractivity contribution >= 4 is 11.6 Å². The Bertz CT molecular complexity index is 982. The van der Waals surface area contributed by atoms with Gasteiger partial charge in [-0.05, 0) is 104 Å². The van der Waals surface area contributed by atoms with Crippen LogP contribution in [0.4, 0.5) is 8.78 Å². The van der Waals surface area contributed by atoms with Crippen LogP contribution in [0.1, 0.15) is 73.1 Å². The highest BCUT2D eigenvalue weighted by Crippen LogP contribution is 2.38. The molecular formula is C29H31ClF2. The third kappa shape index (κ3) is 5.78. The fraction of sp³-hybridized carbons (Fsp3) is 0.379. The standard InChI is InChI=1S/C29H31ClF2/c1-20(23-5-3-2-4-6-23)17-27-28(31)18-25(19-29(27)32)24-13-9-21(10-14-24)7-8-22-11-15-26(30)16-12-22/h2-6,11-12,15-16,18-21,24H,7-10,13-14,17H2,1H3/t20-,21?,24?/m1/s1. The molecule has 1 saturated carbocycles. The summed E-state index contributed by atoms with van der Waals surface area (Å²) in [5.74, 6) is 0.219. The Kier molecular flexibility index (Phi) is 7.63. The van der Waals surface area contributed by atoms with Crippen LogP contribution in [-0.4, -0.2) is 0 Å². The van der Waals surface area contributed by atoms with Crippen molar-refractivity contribution in [2.45, 2.75) is 63.7 Å². The second-order valence-electron chi connectivity index (χ2n) is 9.36. The largest absolute Gasteiger partial charge is 0.207 e. The molecule has 1 fully saturated rings. The molecule has 0 heterocycles. The van der Waals surface area contributed by atoms with E-state index in [1.54, 1.807) is 12.1 Å². The number of hydrogen-bond donors (Lipinski definition) is 0. The lowest BCUT2D eigenvalue weighted by Crippen LogP contribution is -2.15. The van der Waals surface area contributed by atoms with Gasteiger partial charge < -0.3 is 0 Å². The lowest BCUT2D eigenvalue weighted by molar-refractivity contribution is 0.309. The fourth-order valence-electron chi connectivity index (χ4n) is 5.07. The van der Waals surface area contributed by atoms with Crippen LogP contribution in [0.25, 0.3) is 0 Å². The Hall–Kier alpha value is -2.19. The number of benzene rings is 3. The quantitative estimate of drug-likeness (QED) is 0.335. The molecule has 0 spiro atoms. The van der Waals surface area contributed by atoms with Gasteiger partial charge in [-0.25, -0.2) is 8.78 Å². The topological polar surface area (TPSA) is 0 Å². The summed E-state index contributed by atoms with van der Waals surface area (Å²) in [6.45, 7) is 2.02. The number of halogens is 3. The molecule has 1 atom stereocenters. The Morgan fingerprint density at radius 3 is 2.12 bits per heavy atom. The maximum Gasteiger partial charge on any atom is 0.129 e. The van der Waals surface area contributed by atoms with Crippen molar-refractivity contribution in [3.63, 3.8) is 0 Å². The van der Waals surface area contributed by atoms with E-state index in [9.17, 15) is 8.78 Å². The Morgan fingerprint density at radius 2 is 1.50 bits per heavy atom. The van der Waals surface area contributed by atoms with E-state index in [4.69, 9.17) is 11.6 Å². The molecule has 0 radical (unpaired) electrons. The minimum Gasteiger partial charge on any atom is -0.207 e. The summed E-state index contributed by atoms with van der Waals surface area (Å²) >= 11 is 5.97. The molecular weight excluding hydrogens is 422 g/mol. The molecule has 0 aliphatic heterocycles. The first-order valence-corrected chi connectivity index (χ1v) is 12.1. The third-order valence-electron chi connectivity index (χ3n) is 7.11. The average Bonchev–Trinajstić information content (AvgIpc) is 2.81. The van der Waals surface area contributed by atoms with Crippen molar-refractivity contribution in [2.75, 3.05) is 0 Å². The van der Waals surface area contributed by atoms with E-state index >= 15 is 0 Å². The summed E-state index contributed by atoms with van der Waals surface area (Å²) in [6.07, 6.45) is 6.84. The van der Waals surface area contributed by atoms with Gasteiger partial charge in [-0.3, -0.25) is 0 Å². The predicted octanol–water partition coefficient (Wildman–Crippen LogP) is 8.87. The zero-order chi connectivity index (χ0) is 22.5.